The highest BCUT2D eigenvalue weighted by Gasteiger charge is 2.11. The molecule has 1 aromatic rings. The maximum absolute atomic E-state index is 11.5. The number of carbonyl (C=O) groups excluding carboxylic acids is 1. The average molecular weight is 249 g/mol. The molecule has 0 unspecified atom stereocenters. The van der Waals surface area contributed by atoms with E-state index >= 15 is 0 Å². The molecule has 1 aromatic carbocycles. The summed E-state index contributed by atoms with van der Waals surface area (Å²) in [5.74, 6) is 1.61. The molecule has 0 saturated carbocycles. The molecule has 1 aliphatic heterocycles. The molecular formula is C14H19NO3. The van der Waals surface area contributed by atoms with E-state index in [4.69, 9.17) is 9.47 Å². The van der Waals surface area contributed by atoms with Crippen LogP contribution in [0.5, 0.6) is 11.5 Å². The van der Waals surface area contributed by atoms with Gasteiger partial charge in [-0.25, -0.2) is 0 Å². The van der Waals surface area contributed by atoms with E-state index in [1.54, 1.807) is 0 Å². The summed E-state index contributed by atoms with van der Waals surface area (Å²) >= 11 is 0. The Bertz CT molecular complexity index is 429. The van der Waals surface area contributed by atoms with E-state index in [1.807, 2.05) is 32.0 Å². The molecule has 0 aliphatic carbocycles. The van der Waals surface area contributed by atoms with E-state index in [9.17, 15) is 4.79 Å². The van der Waals surface area contributed by atoms with Crippen molar-refractivity contribution in [2.75, 3.05) is 13.2 Å². The van der Waals surface area contributed by atoms with Crippen molar-refractivity contribution in [2.45, 2.75) is 26.8 Å². The Morgan fingerprint density at radius 3 is 2.72 bits per heavy atom. The van der Waals surface area contributed by atoms with Crippen LogP contribution in [0, 0.1) is 5.92 Å². The first-order valence-electron chi connectivity index (χ1n) is 6.33. The second-order valence-corrected chi connectivity index (χ2v) is 4.70. The Morgan fingerprint density at radius 1 is 1.28 bits per heavy atom. The van der Waals surface area contributed by atoms with Crippen molar-refractivity contribution in [3.63, 3.8) is 0 Å². The first kappa shape index (κ1) is 12.7. The summed E-state index contributed by atoms with van der Waals surface area (Å²) in [5.41, 5.74) is 1.02. The van der Waals surface area contributed by atoms with E-state index in [1.165, 1.54) is 0 Å². The van der Waals surface area contributed by atoms with E-state index in [0.29, 0.717) is 19.8 Å². The molecule has 0 aromatic heterocycles. The van der Waals surface area contributed by atoms with Gasteiger partial charge >= 0.3 is 0 Å². The largest absolute Gasteiger partial charge is 0.490 e. The SMILES string of the molecule is CC(C)C(=O)NCc1ccc2c(c1)OCCCO2. The van der Waals surface area contributed by atoms with Crippen LogP contribution in [0.4, 0.5) is 0 Å². The predicted octanol–water partition coefficient (Wildman–Crippen LogP) is 2.12. The number of rotatable bonds is 3. The molecule has 0 bridgehead atoms. The van der Waals surface area contributed by atoms with Crippen molar-refractivity contribution in [3.05, 3.63) is 23.8 Å². The van der Waals surface area contributed by atoms with Crippen LogP contribution in [0.15, 0.2) is 18.2 Å². The monoisotopic (exact) mass is 249 g/mol. The van der Waals surface area contributed by atoms with Gasteiger partial charge in [-0.2, -0.15) is 0 Å². The van der Waals surface area contributed by atoms with Gasteiger partial charge in [-0.1, -0.05) is 19.9 Å². The number of hydrogen-bond donors (Lipinski definition) is 1. The number of benzene rings is 1. The quantitative estimate of drug-likeness (QED) is 0.892. The molecule has 98 valence electrons. The normalized spacial score (nSPS) is 14.2. The fourth-order valence-electron chi connectivity index (χ4n) is 1.71. The average Bonchev–Trinajstić information content (AvgIpc) is 2.60. The Hall–Kier alpha value is -1.71. The minimum atomic E-state index is 0.00501. The highest BCUT2D eigenvalue weighted by Crippen LogP contribution is 2.30. The molecule has 0 atom stereocenters. The third kappa shape index (κ3) is 3.15. The van der Waals surface area contributed by atoms with Crippen molar-refractivity contribution in [2.24, 2.45) is 5.92 Å². The van der Waals surface area contributed by atoms with Gasteiger partial charge in [0.05, 0.1) is 13.2 Å². The first-order valence-corrected chi connectivity index (χ1v) is 6.33. The van der Waals surface area contributed by atoms with Crippen molar-refractivity contribution in [1.29, 1.82) is 0 Å². The summed E-state index contributed by atoms with van der Waals surface area (Å²) in [4.78, 5) is 11.5. The molecule has 1 amide bonds. The minimum absolute atomic E-state index is 0.00501. The van der Waals surface area contributed by atoms with Gasteiger partial charge in [0.25, 0.3) is 0 Å². The summed E-state index contributed by atoms with van der Waals surface area (Å²) in [7, 11) is 0. The number of ether oxygens (including phenoxy) is 2. The van der Waals surface area contributed by atoms with Gasteiger partial charge in [0, 0.05) is 18.9 Å². The number of amides is 1. The second-order valence-electron chi connectivity index (χ2n) is 4.70. The van der Waals surface area contributed by atoms with E-state index in [2.05, 4.69) is 5.32 Å². The molecule has 4 heteroatoms. The lowest BCUT2D eigenvalue weighted by atomic mass is 10.1. The molecule has 4 nitrogen and oxygen atoms in total. The Morgan fingerprint density at radius 2 is 2.00 bits per heavy atom. The molecule has 0 radical (unpaired) electrons. The van der Waals surface area contributed by atoms with Crippen LogP contribution in [0.3, 0.4) is 0 Å². The molecule has 2 rings (SSSR count). The van der Waals surface area contributed by atoms with E-state index in [0.717, 1.165) is 23.5 Å². The first-order chi connectivity index (χ1) is 8.66. The van der Waals surface area contributed by atoms with E-state index < -0.39 is 0 Å². The predicted molar refractivity (Wildman–Crippen MR) is 68.7 cm³/mol. The zero-order valence-corrected chi connectivity index (χ0v) is 10.9. The third-order valence-electron chi connectivity index (χ3n) is 2.80. The van der Waals surface area contributed by atoms with Gasteiger partial charge in [-0.15, -0.1) is 0 Å². The topological polar surface area (TPSA) is 47.6 Å². The van der Waals surface area contributed by atoms with E-state index in [-0.39, 0.29) is 11.8 Å². The van der Waals surface area contributed by atoms with Crippen LogP contribution in [0.1, 0.15) is 25.8 Å². The summed E-state index contributed by atoms with van der Waals surface area (Å²) in [6, 6.07) is 5.78. The summed E-state index contributed by atoms with van der Waals surface area (Å²) in [6.07, 6.45) is 0.897. The zero-order chi connectivity index (χ0) is 13.0. The molecular weight excluding hydrogens is 230 g/mol. The van der Waals surface area contributed by atoms with Gasteiger partial charge in [0.15, 0.2) is 11.5 Å². The fraction of sp³-hybridized carbons (Fsp3) is 0.500. The van der Waals surface area contributed by atoms with Gasteiger partial charge in [0.2, 0.25) is 5.91 Å². The lowest BCUT2D eigenvalue weighted by Gasteiger charge is -2.11. The van der Waals surface area contributed by atoms with Crippen LogP contribution in [-0.2, 0) is 11.3 Å². The van der Waals surface area contributed by atoms with Crippen LogP contribution in [-0.4, -0.2) is 19.1 Å². The Balaban J connectivity index is 2.02. The standard InChI is InChI=1S/C14H19NO3/c1-10(2)14(16)15-9-11-4-5-12-13(8-11)18-7-3-6-17-12/h4-5,8,10H,3,6-7,9H2,1-2H3,(H,15,16). The second kappa shape index (κ2) is 5.76. The van der Waals surface area contributed by atoms with Crippen LogP contribution in [0.2, 0.25) is 0 Å². The lowest BCUT2D eigenvalue weighted by Crippen LogP contribution is -2.27. The number of nitrogens with one attached hydrogen (secondary N) is 1. The zero-order valence-electron chi connectivity index (χ0n) is 10.9. The van der Waals surface area contributed by atoms with Crippen LogP contribution < -0.4 is 14.8 Å². The van der Waals surface area contributed by atoms with Gasteiger partial charge in [-0.05, 0) is 17.7 Å². The van der Waals surface area contributed by atoms with Crippen LogP contribution in [0.25, 0.3) is 0 Å². The molecule has 0 fully saturated rings. The number of hydrogen-bond acceptors (Lipinski definition) is 3. The molecule has 0 saturated heterocycles. The van der Waals surface area contributed by atoms with Crippen LogP contribution >= 0.6 is 0 Å². The van der Waals surface area contributed by atoms with Gasteiger partial charge in [-0.3, -0.25) is 4.79 Å². The van der Waals surface area contributed by atoms with Crippen molar-refractivity contribution in [1.82, 2.24) is 5.32 Å². The smallest absolute Gasteiger partial charge is 0.222 e. The molecule has 0 spiro atoms. The highest BCUT2D eigenvalue weighted by atomic mass is 16.5. The molecule has 1 N–H and O–H groups in total. The fourth-order valence-corrected chi connectivity index (χ4v) is 1.71. The number of carbonyl (C=O) groups is 1. The van der Waals surface area contributed by atoms with Gasteiger partial charge in [0.1, 0.15) is 0 Å². The summed E-state index contributed by atoms with van der Waals surface area (Å²) in [6.45, 7) is 5.64. The molecule has 1 heterocycles. The van der Waals surface area contributed by atoms with Gasteiger partial charge < -0.3 is 14.8 Å². The van der Waals surface area contributed by atoms with Crippen molar-refractivity contribution >= 4 is 5.91 Å². The maximum atomic E-state index is 11.5. The lowest BCUT2D eigenvalue weighted by molar-refractivity contribution is -0.124. The Kier molecular flexibility index (Phi) is 4.07. The van der Waals surface area contributed by atoms with Crippen molar-refractivity contribution in [3.8, 4) is 11.5 Å². The molecule has 18 heavy (non-hydrogen) atoms. The Labute approximate surface area is 107 Å². The summed E-state index contributed by atoms with van der Waals surface area (Å²) in [5, 5.41) is 2.89. The maximum Gasteiger partial charge on any atom is 0.222 e. The molecule has 1 aliphatic rings. The minimum Gasteiger partial charge on any atom is -0.490 e. The summed E-state index contributed by atoms with van der Waals surface area (Å²) < 4.78 is 11.2. The highest BCUT2D eigenvalue weighted by molar-refractivity contribution is 5.77. The van der Waals surface area contributed by atoms with Crippen molar-refractivity contribution < 1.29 is 14.3 Å². The number of fused-ring (bicyclic) bond motifs is 1. The third-order valence-corrected chi connectivity index (χ3v) is 2.80.